The molecule has 0 spiro atoms. The molecule has 1 aliphatic heterocycles. The molecule has 1 aromatic heterocycles. The zero-order chi connectivity index (χ0) is 19.7. The molecular formula is C20H21N3O3S2. The predicted molar refractivity (Wildman–Crippen MR) is 111 cm³/mol. The number of hydrogen-bond donors (Lipinski definition) is 1. The van der Waals surface area contributed by atoms with Crippen molar-refractivity contribution in [2.24, 2.45) is 0 Å². The molecule has 1 amide bonds. The highest BCUT2D eigenvalue weighted by Crippen LogP contribution is 2.38. The summed E-state index contributed by atoms with van der Waals surface area (Å²) in [7, 11) is -3.65. The lowest BCUT2D eigenvalue weighted by molar-refractivity contribution is -0.114. The van der Waals surface area contributed by atoms with Crippen LogP contribution in [0.25, 0.3) is 10.2 Å². The van der Waals surface area contributed by atoms with Crippen LogP contribution in [0.5, 0.6) is 0 Å². The van der Waals surface area contributed by atoms with Crippen molar-refractivity contribution in [1.29, 1.82) is 0 Å². The third-order valence-electron chi connectivity index (χ3n) is 4.83. The topological polar surface area (TPSA) is 79.4 Å². The first-order valence-corrected chi connectivity index (χ1v) is 11.5. The second kappa shape index (κ2) is 7.62. The minimum atomic E-state index is -3.65. The number of piperidine rings is 1. The summed E-state index contributed by atoms with van der Waals surface area (Å²) in [6.07, 6.45) is 2.59. The fourth-order valence-corrected chi connectivity index (χ4v) is 6.36. The molecule has 2 aromatic carbocycles. The Labute approximate surface area is 168 Å². The number of carbonyl (C=O) groups is 1. The SMILES string of the molecule is CC(=O)Nc1ccc(S(=O)(=O)N2CCCC[C@@H]2c2nc3ccccc3s2)cc1. The van der Waals surface area contributed by atoms with Crippen LogP contribution in [0.2, 0.25) is 0 Å². The fourth-order valence-electron chi connectivity index (χ4n) is 3.52. The van der Waals surface area contributed by atoms with Crippen LogP contribution in [0.3, 0.4) is 0 Å². The number of anilines is 1. The van der Waals surface area contributed by atoms with Gasteiger partial charge in [0, 0.05) is 19.2 Å². The van der Waals surface area contributed by atoms with Crippen molar-refractivity contribution < 1.29 is 13.2 Å². The highest BCUT2D eigenvalue weighted by molar-refractivity contribution is 7.89. The average molecular weight is 416 g/mol. The number of nitrogens with one attached hydrogen (secondary N) is 1. The molecule has 3 aromatic rings. The molecule has 1 fully saturated rings. The number of aromatic nitrogens is 1. The first-order valence-electron chi connectivity index (χ1n) is 9.20. The van der Waals surface area contributed by atoms with E-state index in [0.717, 1.165) is 34.5 Å². The molecule has 1 aliphatic rings. The number of benzene rings is 2. The molecule has 8 heteroatoms. The van der Waals surface area contributed by atoms with E-state index in [-0.39, 0.29) is 16.8 Å². The lowest BCUT2D eigenvalue weighted by Gasteiger charge is -2.33. The van der Waals surface area contributed by atoms with Crippen LogP contribution >= 0.6 is 11.3 Å². The Kier molecular flexibility index (Phi) is 5.18. The monoisotopic (exact) mass is 415 g/mol. The number of fused-ring (bicyclic) bond motifs is 1. The first-order chi connectivity index (χ1) is 13.4. The predicted octanol–water partition coefficient (Wildman–Crippen LogP) is 4.17. The Morgan fingerprint density at radius 1 is 1.14 bits per heavy atom. The minimum absolute atomic E-state index is 0.192. The van der Waals surface area contributed by atoms with E-state index in [9.17, 15) is 13.2 Å². The normalized spacial score (nSPS) is 18.2. The molecule has 6 nitrogen and oxygen atoms in total. The van der Waals surface area contributed by atoms with Crippen LogP contribution < -0.4 is 5.32 Å². The Morgan fingerprint density at radius 2 is 1.89 bits per heavy atom. The number of thiazole rings is 1. The molecule has 1 saturated heterocycles. The number of hydrogen-bond acceptors (Lipinski definition) is 5. The van der Waals surface area contributed by atoms with Gasteiger partial charge in [-0.1, -0.05) is 18.6 Å². The molecule has 28 heavy (non-hydrogen) atoms. The van der Waals surface area contributed by atoms with E-state index in [1.54, 1.807) is 39.9 Å². The van der Waals surface area contributed by atoms with Gasteiger partial charge in [0.25, 0.3) is 0 Å². The second-order valence-corrected chi connectivity index (χ2v) is 9.81. The van der Waals surface area contributed by atoms with Crippen molar-refractivity contribution in [3.8, 4) is 0 Å². The van der Waals surface area contributed by atoms with E-state index in [0.29, 0.717) is 12.2 Å². The molecule has 0 unspecified atom stereocenters. The summed E-state index contributed by atoms with van der Waals surface area (Å²) >= 11 is 1.56. The molecule has 146 valence electrons. The Morgan fingerprint density at radius 3 is 2.61 bits per heavy atom. The summed E-state index contributed by atoms with van der Waals surface area (Å²) < 4.78 is 29.3. The lowest BCUT2D eigenvalue weighted by Crippen LogP contribution is -2.38. The largest absolute Gasteiger partial charge is 0.326 e. The maximum absolute atomic E-state index is 13.3. The van der Waals surface area contributed by atoms with Crippen LogP contribution in [0.1, 0.15) is 37.2 Å². The van der Waals surface area contributed by atoms with E-state index in [1.807, 2.05) is 24.3 Å². The van der Waals surface area contributed by atoms with Crippen molar-refractivity contribution in [1.82, 2.24) is 9.29 Å². The number of nitrogens with zero attached hydrogens (tertiary/aromatic N) is 2. The summed E-state index contributed by atoms with van der Waals surface area (Å²) in [6.45, 7) is 1.90. The molecular weight excluding hydrogens is 394 g/mol. The summed E-state index contributed by atoms with van der Waals surface area (Å²) in [5, 5.41) is 3.50. The third-order valence-corrected chi connectivity index (χ3v) is 7.89. The second-order valence-electron chi connectivity index (χ2n) is 6.85. The molecule has 0 bridgehead atoms. The summed E-state index contributed by atoms with van der Waals surface area (Å²) in [5.74, 6) is -0.192. The maximum Gasteiger partial charge on any atom is 0.243 e. The van der Waals surface area contributed by atoms with Gasteiger partial charge in [0.1, 0.15) is 5.01 Å². The number of carbonyl (C=O) groups excluding carboxylic acids is 1. The smallest absolute Gasteiger partial charge is 0.243 e. The van der Waals surface area contributed by atoms with Crippen LogP contribution in [0, 0.1) is 0 Å². The standard InChI is InChI=1S/C20H21N3O3S2/c1-14(24)21-15-9-11-16(12-10-15)28(25,26)23-13-5-4-7-18(23)20-22-17-6-2-3-8-19(17)27-20/h2-3,6,8-12,18H,4-5,7,13H2,1H3,(H,21,24)/t18-/m1/s1. The average Bonchev–Trinajstić information content (AvgIpc) is 3.12. The Balaban J connectivity index is 1.67. The number of para-hydroxylation sites is 1. The first kappa shape index (κ1) is 19.0. The lowest BCUT2D eigenvalue weighted by atomic mass is 10.1. The molecule has 2 heterocycles. The van der Waals surface area contributed by atoms with Crippen molar-refractivity contribution in [2.75, 3.05) is 11.9 Å². The van der Waals surface area contributed by atoms with Gasteiger partial charge in [-0.15, -0.1) is 11.3 Å². The van der Waals surface area contributed by atoms with Crippen molar-refractivity contribution in [2.45, 2.75) is 37.1 Å². The van der Waals surface area contributed by atoms with E-state index >= 15 is 0 Å². The number of amides is 1. The van der Waals surface area contributed by atoms with Crippen LogP contribution in [0.4, 0.5) is 5.69 Å². The zero-order valence-corrected chi connectivity index (χ0v) is 17.1. The number of sulfonamides is 1. The molecule has 0 radical (unpaired) electrons. The van der Waals surface area contributed by atoms with Crippen LogP contribution in [-0.2, 0) is 14.8 Å². The van der Waals surface area contributed by atoms with E-state index in [1.165, 1.54) is 6.92 Å². The molecule has 0 saturated carbocycles. The van der Waals surface area contributed by atoms with Gasteiger partial charge < -0.3 is 5.32 Å². The highest BCUT2D eigenvalue weighted by Gasteiger charge is 2.36. The summed E-state index contributed by atoms with van der Waals surface area (Å²) in [6, 6.07) is 14.0. The van der Waals surface area contributed by atoms with Gasteiger partial charge in [-0.3, -0.25) is 4.79 Å². The summed E-state index contributed by atoms with van der Waals surface area (Å²) in [5.41, 5.74) is 1.48. The van der Waals surface area contributed by atoms with Gasteiger partial charge in [-0.05, 0) is 49.2 Å². The molecule has 1 atom stereocenters. The van der Waals surface area contributed by atoms with Crippen molar-refractivity contribution >= 4 is 43.2 Å². The van der Waals surface area contributed by atoms with E-state index in [4.69, 9.17) is 4.98 Å². The van der Waals surface area contributed by atoms with Gasteiger partial charge >= 0.3 is 0 Å². The quantitative estimate of drug-likeness (QED) is 0.694. The van der Waals surface area contributed by atoms with Gasteiger partial charge in [0.05, 0.1) is 21.2 Å². The summed E-state index contributed by atoms with van der Waals surface area (Å²) in [4.78, 5) is 16.1. The molecule has 1 N–H and O–H groups in total. The molecule has 0 aliphatic carbocycles. The number of rotatable bonds is 4. The van der Waals surface area contributed by atoms with Gasteiger partial charge in [-0.25, -0.2) is 13.4 Å². The zero-order valence-electron chi connectivity index (χ0n) is 15.5. The van der Waals surface area contributed by atoms with Crippen LogP contribution in [-0.4, -0.2) is 30.2 Å². The van der Waals surface area contributed by atoms with Crippen LogP contribution in [0.15, 0.2) is 53.4 Å². The van der Waals surface area contributed by atoms with E-state index < -0.39 is 10.0 Å². The van der Waals surface area contributed by atoms with E-state index in [2.05, 4.69) is 5.32 Å². The van der Waals surface area contributed by atoms with Crippen molar-refractivity contribution in [3.63, 3.8) is 0 Å². The third kappa shape index (κ3) is 3.67. The van der Waals surface area contributed by atoms with Gasteiger partial charge in [-0.2, -0.15) is 4.31 Å². The Bertz CT molecular complexity index is 1070. The maximum atomic E-state index is 13.3. The van der Waals surface area contributed by atoms with Gasteiger partial charge in [0.15, 0.2) is 0 Å². The minimum Gasteiger partial charge on any atom is -0.326 e. The highest BCUT2D eigenvalue weighted by atomic mass is 32.2. The Hall–Kier alpha value is -2.29. The van der Waals surface area contributed by atoms with Gasteiger partial charge in [0.2, 0.25) is 15.9 Å². The fraction of sp³-hybridized carbons (Fsp3) is 0.300. The van der Waals surface area contributed by atoms with Crippen molar-refractivity contribution in [3.05, 3.63) is 53.5 Å². The molecule has 4 rings (SSSR count).